The van der Waals surface area contributed by atoms with Crippen molar-refractivity contribution in [3.8, 4) is 0 Å². The Morgan fingerprint density at radius 3 is 2.61 bits per heavy atom. The lowest BCUT2D eigenvalue weighted by molar-refractivity contribution is -0.125. The lowest BCUT2D eigenvalue weighted by Crippen LogP contribution is -2.32. The Morgan fingerprint density at radius 1 is 1.44 bits per heavy atom. The number of carbonyl (C=O) groups is 1. The molecule has 3 N–H and O–H groups in total. The summed E-state index contributed by atoms with van der Waals surface area (Å²) in [5.74, 6) is 0.794. The molecule has 0 spiro atoms. The summed E-state index contributed by atoms with van der Waals surface area (Å²) in [5.41, 5.74) is 7.24. The van der Waals surface area contributed by atoms with E-state index < -0.39 is 0 Å². The molecule has 5 nitrogen and oxygen atoms in total. The zero-order valence-corrected chi connectivity index (χ0v) is 11.6. The summed E-state index contributed by atoms with van der Waals surface area (Å²) in [6.45, 7) is 8.23. The van der Waals surface area contributed by atoms with Gasteiger partial charge in [0.2, 0.25) is 5.91 Å². The number of hydrogen-bond donors (Lipinski definition) is 2. The van der Waals surface area contributed by atoms with Crippen molar-refractivity contribution in [2.45, 2.75) is 46.6 Å². The standard InChI is InChI=1S/C13H23N3O2/c1-8(6-5-7-14)13(17)15-9(2)12-10(3)16-18-11(12)4/h8-9H,5-7,14H2,1-4H3,(H,15,17). The molecule has 102 valence electrons. The molecule has 0 aliphatic rings. The van der Waals surface area contributed by atoms with Crippen LogP contribution in [0.15, 0.2) is 4.52 Å². The number of aryl methyl sites for hydroxylation is 2. The summed E-state index contributed by atoms with van der Waals surface area (Å²) in [7, 11) is 0. The van der Waals surface area contributed by atoms with Gasteiger partial charge in [-0.15, -0.1) is 0 Å². The zero-order valence-electron chi connectivity index (χ0n) is 11.6. The van der Waals surface area contributed by atoms with E-state index in [1.54, 1.807) is 0 Å². The minimum atomic E-state index is -0.0796. The molecule has 1 heterocycles. The number of carbonyl (C=O) groups excluding carboxylic acids is 1. The summed E-state index contributed by atoms with van der Waals surface area (Å²) in [4.78, 5) is 12.0. The van der Waals surface area contributed by atoms with E-state index in [-0.39, 0.29) is 17.9 Å². The highest BCUT2D eigenvalue weighted by Crippen LogP contribution is 2.21. The number of nitrogens with one attached hydrogen (secondary N) is 1. The van der Waals surface area contributed by atoms with Crippen LogP contribution in [-0.2, 0) is 4.79 Å². The normalized spacial score (nSPS) is 14.3. The van der Waals surface area contributed by atoms with E-state index in [9.17, 15) is 4.79 Å². The van der Waals surface area contributed by atoms with Crippen LogP contribution in [0.2, 0.25) is 0 Å². The highest BCUT2D eigenvalue weighted by molar-refractivity contribution is 5.78. The van der Waals surface area contributed by atoms with Gasteiger partial charge in [0.1, 0.15) is 5.76 Å². The zero-order chi connectivity index (χ0) is 13.7. The monoisotopic (exact) mass is 253 g/mol. The van der Waals surface area contributed by atoms with Gasteiger partial charge in [0.25, 0.3) is 0 Å². The summed E-state index contributed by atoms with van der Waals surface area (Å²) in [6, 6.07) is -0.0796. The average Bonchev–Trinajstić information content (AvgIpc) is 2.65. The first-order valence-corrected chi connectivity index (χ1v) is 6.40. The largest absolute Gasteiger partial charge is 0.361 e. The Hall–Kier alpha value is -1.36. The molecule has 1 rings (SSSR count). The fourth-order valence-electron chi connectivity index (χ4n) is 2.09. The molecule has 1 aromatic heterocycles. The van der Waals surface area contributed by atoms with Gasteiger partial charge < -0.3 is 15.6 Å². The van der Waals surface area contributed by atoms with Crippen LogP contribution in [0.25, 0.3) is 0 Å². The summed E-state index contributed by atoms with van der Waals surface area (Å²) in [5, 5.41) is 6.89. The highest BCUT2D eigenvalue weighted by atomic mass is 16.5. The Morgan fingerprint density at radius 2 is 2.11 bits per heavy atom. The van der Waals surface area contributed by atoms with Crippen molar-refractivity contribution in [3.05, 3.63) is 17.0 Å². The second-order valence-electron chi connectivity index (χ2n) is 4.80. The second-order valence-corrected chi connectivity index (χ2v) is 4.80. The van der Waals surface area contributed by atoms with Crippen molar-refractivity contribution in [2.24, 2.45) is 11.7 Å². The van der Waals surface area contributed by atoms with Crippen LogP contribution in [-0.4, -0.2) is 17.6 Å². The predicted octanol–water partition coefficient (Wildman–Crippen LogP) is 1.84. The Balaban J connectivity index is 2.59. The lowest BCUT2D eigenvalue weighted by atomic mass is 10.0. The molecule has 0 saturated heterocycles. The molecule has 0 bridgehead atoms. The third-order valence-corrected chi connectivity index (χ3v) is 3.17. The van der Waals surface area contributed by atoms with Crippen molar-refractivity contribution in [1.82, 2.24) is 10.5 Å². The van der Waals surface area contributed by atoms with Gasteiger partial charge in [-0.3, -0.25) is 4.79 Å². The number of nitrogens with zero attached hydrogens (tertiary/aromatic N) is 1. The molecule has 1 aromatic rings. The van der Waals surface area contributed by atoms with E-state index in [4.69, 9.17) is 10.3 Å². The molecular weight excluding hydrogens is 230 g/mol. The Kier molecular flexibility index (Phi) is 5.34. The Bertz CT molecular complexity index is 381. The smallest absolute Gasteiger partial charge is 0.223 e. The van der Waals surface area contributed by atoms with Crippen LogP contribution >= 0.6 is 0 Å². The highest BCUT2D eigenvalue weighted by Gasteiger charge is 2.20. The molecule has 1 amide bonds. The van der Waals surface area contributed by atoms with Gasteiger partial charge in [-0.05, 0) is 40.2 Å². The first-order chi connectivity index (χ1) is 8.47. The fraction of sp³-hybridized carbons (Fsp3) is 0.692. The number of hydrogen-bond acceptors (Lipinski definition) is 4. The van der Waals surface area contributed by atoms with Gasteiger partial charge in [0.05, 0.1) is 11.7 Å². The van der Waals surface area contributed by atoms with Gasteiger partial charge in [-0.25, -0.2) is 0 Å². The van der Waals surface area contributed by atoms with Crippen LogP contribution in [0.4, 0.5) is 0 Å². The molecule has 2 atom stereocenters. The molecule has 18 heavy (non-hydrogen) atoms. The van der Waals surface area contributed by atoms with E-state index in [0.717, 1.165) is 29.9 Å². The van der Waals surface area contributed by atoms with E-state index in [0.29, 0.717) is 6.54 Å². The molecule has 0 aromatic carbocycles. The lowest BCUT2D eigenvalue weighted by Gasteiger charge is -2.17. The molecule has 0 aliphatic carbocycles. The molecule has 0 saturated carbocycles. The number of nitrogens with two attached hydrogens (primary N) is 1. The van der Waals surface area contributed by atoms with Crippen molar-refractivity contribution in [3.63, 3.8) is 0 Å². The van der Waals surface area contributed by atoms with Crippen LogP contribution < -0.4 is 11.1 Å². The third-order valence-electron chi connectivity index (χ3n) is 3.17. The maximum absolute atomic E-state index is 12.0. The first kappa shape index (κ1) is 14.7. The van der Waals surface area contributed by atoms with E-state index >= 15 is 0 Å². The number of rotatable bonds is 6. The van der Waals surface area contributed by atoms with Gasteiger partial charge in [0.15, 0.2) is 0 Å². The van der Waals surface area contributed by atoms with Crippen molar-refractivity contribution >= 4 is 5.91 Å². The quantitative estimate of drug-likeness (QED) is 0.810. The summed E-state index contributed by atoms with van der Waals surface area (Å²) < 4.78 is 5.11. The topological polar surface area (TPSA) is 81.2 Å². The van der Waals surface area contributed by atoms with Crippen molar-refractivity contribution in [1.29, 1.82) is 0 Å². The van der Waals surface area contributed by atoms with Crippen molar-refractivity contribution in [2.75, 3.05) is 6.54 Å². The van der Waals surface area contributed by atoms with Gasteiger partial charge >= 0.3 is 0 Å². The van der Waals surface area contributed by atoms with E-state index in [1.807, 2.05) is 27.7 Å². The average molecular weight is 253 g/mol. The summed E-state index contributed by atoms with van der Waals surface area (Å²) in [6.07, 6.45) is 1.69. The van der Waals surface area contributed by atoms with Crippen molar-refractivity contribution < 1.29 is 9.32 Å². The second kappa shape index (κ2) is 6.54. The SMILES string of the molecule is Cc1noc(C)c1C(C)NC(=O)C(C)CCCN. The minimum Gasteiger partial charge on any atom is -0.361 e. The predicted molar refractivity (Wildman–Crippen MR) is 70.0 cm³/mol. The summed E-state index contributed by atoms with van der Waals surface area (Å²) >= 11 is 0. The van der Waals surface area contributed by atoms with Gasteiger partial charge in [-0.2, -0.15) is 0 Å². The van der Waals surface area contributed by atoms with Gasteiger partial charge in [0, 0.05) is 11.5 Å². The van der Waals surface area contributed by atoms with E-state index in [1.165, 1.54) is 0 Å². The van der Waals surface area contributed by atoms with Crippen LogP contribution in [0, 0.1) is 19.8 Å². The first-order valence-electron chi connectivity index (χ1n) is 6.40. The fourth-order valence-corrected chi connectivity index (χ4v) is 2.09. The minimum absolute atomic E-state index is 0.0172. The van der Waals surface area contributed by atoms with Gasteiger partial charge in [-0.1, -0.05) is 12.1 Å². The molecule has 2 unspecified atom stereocenters. The molecule has 5 heteroatoms. The van der Waals surface area contributed by atoms with Crippen LogP contribution in [0.5, 0.6) is 0 Å². The third kappa shape index (κ3) is 3.57. The van der Waals surface area contributed by atoms with Crippen LogP contribution in [0.3, 0.4) is 0 Å². The Labute approximate surface area is 108 Å². The maximum Gasteiger partial charge on any atom is 0.223 e. The molecular formula is C13H23N3O2. The number of amides is 1. The molecule has 0 aliphatic heterocycles. The number of aromatic nitrogens is 1. The van der Waals surface area contributed by atoms with Crippen LogP contribution in [0.1, 0.15) is 49.7 Å². The maximum atomic E-state index is 12.0. The van der Waals surface area contributed by atoms with E-state index in [2.05, 4.69) is 10.5 Å². The molecule has 0 radical (unpaired) electrons. The molecule has 0 fully saturated rings.